The Labute approximate surface area is 147 Å². The minimum Gasteiger partial charge on any atom is -0.493 e. The normalized spacial score (nSPS) is 19.8. The van der Waals surface area contributed by atoms with E-state index in [4.69, 9.17) is 9.47 Å². The molecule has 7 nitrogen and oxygen atoms in total. The van der Waals surface area contributed by atoms with Gasteiger partial charge in [-0.05, 0) is 38.0 Å². The Morgan fingerprint density at radius 2 is 2.12 bits per heavy atom. The zero-order valence-corrected chi connectivity index (χ0v) is 15.2. The number of aryl methyl sites for hydroxylation is 1. The van der Waals surface area contributed by atoms with E-state index < -0.39 is 33.9 Å². The summed E-state index contributed by atoms with van der Waals surface area (Å²) in [5, 5.41) is 2.60. The van der Waals surface area contributed by atoms with Gasteiger partial charge in [-0.1, -0.05) is 12.1 Å². The van der Waals surface area contributed by atoms with Crippen molar-refractivity contribution in [1.82, 2.24) is 5.32 Å². The Morgan fingerprint density at radius 1 is 1.36 bits per heavy atom. The van der Waals surface area contributed by atoms with E-state index in [1.165, 1.54) is 6.92 Å². The highest BCUT2D eigenvalue weighted by atomic mass is 32.2. The predicted octanol–water partition coefficient (Wildman–Crippen LogP) is 0.999. The maximum absolute atomic E-state index is 12.0. The Bertz CT molecular complexity index is 730. The number of sulfone groups is 1. The van der Waals surface area contributed by atoms with Crippen molar-refractivity contribution >= 4 is 21.7 Å². The topological polar surface area (TPSA) is 98.8 Å². The lowest BCUT2D eigenvalue weighted by Gasteiger charge is -2.16. The van der Waals surface area contributed by atoms with Gasteiger partial charge < -0.3 is 14.8 Å². The third-order valence-electron chi connectivity index (χ3n) is 3.82. The highest BCUT2D eigenvalue weighted by Crippen LogP contribution is 2.13. The molecule has 0 unspecified atom stereocenters. The van der Waals surface area contributed by atoms with Gasteiger partial charge in [0.15, 0.2) is 15.9 Å². The van der Waals surface area contributed by atoms with Gasteiger partial charge in [0, 0.05) is 6.04 Å². The lowest BCUT2D eigenvalue weighted by molar-refractivity contribution is -0.155. The minimum atomic E-state index is -3.07. The van der Waals surface area contributed by atoms with Crippen molar-refractivity contribution in [2.75, 3.05) is 18.1 Å². The number of ether oxygens (including phenoxy) is 2. The Balaban J connectivity index is 1.69. The summed E-state index contributed by atoms with van der Waals surface area (Å²) in [5.41, 5.74) is 1.05. The summed E-state index contributed by atoms with van der Waals surface area (Å²) in [5.74, 6) is -0.364. The third kappa shape index (κ3) is 6.38. The van der Waals surface area contributed by atoms with Gasteiger partial charge in [-0.3, -0.25) is 9.59 Å². The Morgan fingerprint density at radius 3 is 2.76 bits per heavy atom. The van der Waals surface area contributed by atoms with Crippen LogP contribution < -0.4 is 10.1 Å². The number of rotatable bonds is 7. The standard InChI is InChI=1S/C17H23NO6S/c1-12-4-3-5-15(10-12)23-8-6-16(19)24-13(2)17(20)18-14-7-9-25(21,22)11-14/h3-5,10,13-14H,6-9,11H2,1-2H3,(H,18,20)/t13-,14-/m0/s1. The third-order valence-corrected chi connectivity index (χ3v) is 5.59. The molecular formula is C17H23NO6S. The van der Waals surface area contributed by atoms with Gasteiger partial charge in [-0.15, -0.1) is 0 Å². The lowest BCUT2D eigenvalue weighted by atomic mass is 10.2. The molecule has 138 valence electrons. The molecule has 2 rings (SSSR count). The van der Waals surface area contributed by atoms with Crippen LogP contribution in [0.25, 0.3) is 0 Å². The van der Waals surface area contributed by atoms with E-state index in [0.29, 0.717) is 12.2 Å². The number of esters is 1. The maximum atomic E-state index is 12.0. The van der Waals surface area contributed by atoms with E-state index in [-0.39, 0.29) is 24.5 Å². The molecule has 0 aromatic heterocycles. The molecule has 1 saturated heterocycles. The molecule has 0 bridgehead atoms. The van der Waals surface area contributed by atoms with E-state index in [1.807, 2.05) is 25.1 Å². The summed E-state index contributed by atoms with van der Waals surface area (Å²) in [6.45, 7) is 3.55. The summed E-state index contributed by atoms with van der Waals surface area (Å²) in [6.07, 6.45) is -0.572. The first-order valence-corrected chi connectivity index (χ1v) is 9.97. The van der Waals surface area contributed by atoms with Crippen molar-refractivity contribution in [1.29, 1.82) is 0 Å². The molecule has 1 fully saturated rings. The first-order valence-electron chi connectivity index (χ1n) is 8.15. The summed E-state index contributed by atoms with van der Waals surface area (Å²) in [7, 11) is -3.07. The quantitative estimate of drug-likeness (QED) is 0.720. The molecule has 8 heteroatoms. The van der Waals surface area contributed by atoms with Crippen LogP contribution in [0.5, 0.6) is 5.75 Å². The number of amides is 1. The predicted molar refractivity (Wildman–Crippen MR) is 92.0 cm³/mol. The molecular weight excluding hydrogens is 346 g/mol. The average Bonchev–Trinajstić information content (AvgIpc) is 2.86. The summed E-state index contributed by atoms with van der Waals surface area (Å²) in [4.78, 5) is 23.7. The molecule has 1 aromatic rings. The number of carbonyl (C=O) groups is 2. The van der Waals surface area contributed by atoms with Gasteiger partial charge in [-0.25, -0.2) is 8.42 Å². The molecule has 2 atom stereocenters. The average molecular weight is 369 g/mol. The smallest absolute Gasteiger partial charge is 0.310 e. The van der Waals surface area contributed by atoms with Crippen molar-refractivity contribution in [2.45, 2.75) is 38.8 Å². The molecule has 0 aliphatic carbocycles. The van der Waals surface area contributed by atoms with Crippen LogP contribution in [-0.2, 0) is 24.2 Å². The van der Waals surface area contributed by atoms with Crippen molar-refractivity contribution in [3.05, 3.63) is 29.8 Å². The van der Waals surface area contributed by atoms with E-state index in [9.17, 15) is 18.0 Å². The second-order valence-electron chi connectivity index (χ2n) is 6.16. The molecule has 1 heterocycles. The van der Waals surface area contributed by atoms with Crippen molar-refractivity contribution in [3.63, 3.8) is 0 Å². The fourth-order valence-corrected chi connectivity index (χ4v) is 4.17. The SMILES string of the molecule is Cc1cccc(OCCC(=O)O[C@@H](C)C(=O)N[C@H]2CCS(=O)(=O)C2)c1. The molecule has 1 aliphatic heterocycles. The number of hydrogen-bond donors (Lipinski definition) is 1. The number of carbonyl (C=O) groups excluding carboxylic acids is 2. The van der Waals surface area contributed by atoms with Crippen LogP contribution in [0.1, 0.15) is 25.3 Å². The largest absolute Gasteiger partial charge is 0.493 e. The van der Waals surface area contributed by atoms with Gasteiger partial charge in [0.25, 0.3) is 5.91 Å². The molecule has 1 aromatic carbocycles. The van der Waals surface area contributed by atoms with Gasteiger partial charge in [0.1, 0.15) is 5.75 Å². The molecule has 0 radical (unpaired) electrons. The summed E-state index contributed by atoms with van der Waals surface area (Å²) in [6, 6.07) is 7.04. The van der Waals surface area contributed by atoms with Crippen LogP contribution in [0.3, 0.4) is 0 Å². The zero-order chi connectivity index (χ0) is 18.4. The van der Waals surface area contributed by atoms with Crippen molar-refractivity contribution in [3.8, 4) is 5.75 Å². The lowest BCUT2D eigenvalue weighted by Crippen LogP contribution is -2.42. The highest BCUT2D eigenvalue weighted by Gasteiger charge is 2.30. The number of hydrogen-bond acceptors (Lipinski definition) is 6. The highest BCUT2D eigenvalue weighted by molar-refractivity contribution is 7.91. The van der Waals surface area contributed by atoms with Crippen LogP contribution in [0.4, 0.5) is 0 Å². The molecule has 0 saturated carbocycles. The maximum Gasteiger partial charge on any atom is 0.310 e. The molecule has 1 N–H and O–H groups in total. The fourth-order valence-electron chi connectivity index (χ4n) is 2.49. The van der Waals surface area contributed by atoms with Gasteiger partial charge in [-0.2, -0.15) is 0 Å². The second-order valence-corrected chi connectivity index (χ2v) is 8.38. The molecule has 25 heavy (non-hydrogen) atoms. The van der Waals surface area contributed by atoms with Crippen molar-refractivity contribution < 1.29 is 27.5 Å². The van der Waals surface area contributed by atoms with Crippen LogP contribution in [-0.4, -0.2) is 50.6 Å². The summed E-state index contributed by atoms with van der Waals surface area (Å²) < 4.78 is 33.3. The minimum absolute atomic E-state index is 0.0172. The van der Waals surface area contributed by atoms with E-state index in [1.54, 1.807) is 6.07 Å². The monoisotopic (exact) mass is 369 g/mol. The van der Waals surface area contributed by atoms with Gasteiger partial charge in [0.05, 0.1) is 24.5 Å². The second kappa shape index (κ2) is 8.33. The Kier molecular flexibility index (Phi) is 6.41. The molecule has 0 spiro atoms. The van der Waals surface area contributed by atoms with E-state index >= 15 is 0 Å². The number of nitrogens with one attached hydrogen (secondary N) is 1. The molecule has 1 amide bonds. The van der Waals surface area contributed by atoms with E-state index in [2.05, 4.69) is 5.32 Å². The zero-order valence-electron chi connectivity index (χ0n) is 14.4. The summed E-state index contributed by atoms with van der Waals surface area (Å²) >= 11 is 0. The first-order chi connectivity index (χ1) is 11.7. The first kappa shape index (κ1) is 19.2. The molecule has 1 aliphatic rings. The van der Waals surface area contributed by atoms with Crippen molar-refractivity contribution in [2.24, 2.45) is 0 Å². The van der Waals surface area contributed by atoms with Gasteiger partial charge >= 0.3 is 5.97 Å². The fraction of sp³-hybridized carbons (Fsp3) is 0.529. The van der Waals surface area contributed by atoms with Gasteiger partial charge in [0.2, 0.25) is 0 Å². The van der Waals surface area contributed by atoms with E-state index in [0.717, 1.165) is 5.56 Å². The number of benzene rings is 1. The van der Waals surface area contributed by atoms with Crippen LogP contribution >= 0.6 is 0 Å². The van der Waals surface area contributed by atoms with Crippen LogP contribution in [0.15, 0.2) is 24.3 Å². The van der Waals surface area contributed by atoms with Crippen LogP contribution in [0.2, 0.25) is 0 Å². The Hall–Kier alpha value is -2.09. The van der Waals surface area contributed by atoms with Crippen LogP contribution in [0, 0.1) is 6.92 Å².